The zero-order valence-corrected chi connectivity index (χ0v) is 12.1. The van der Waals surface area contributed by atoms with Crippen molar-refractivity contribution >= 4 is 5.69 Å². The van der Waals surface area contributed by atoms with Gasteiger partial charge in [0.05, 0.1) is 5.69 Å². The first-order valence-electron chi connectivity index (χ1n) is 6.90. The smallest absolute Gasteiger partial charge is 0.187 e. The first-order valence-corrected chi connectivity index (χ1v) is 6.90. The molecule has 5 heteroatoms. The van der Waals surface area contributed by atoms with E-state index in [1.807, 2.05) is 36.4 Å². The van der Waals surface area contributed by atoms with Crippen LogP contribution in [0, 0.1) is 0 Å². The predicted molar refractivity (Wildman–Crippen MR) is 83.1 cm³/mol. The van der Waals surface area contributed by atoms with Crippen LogP contribution in [0.2, 0.25) is 0 Å². The van der Waals surface area contributed by atoms with Gasteiger partial charge in [-0.15, -0.1) is 5.10 Å². The molecule has 2 aromatic carbocycles. The standard InChI is InChI=1S/C16H17N5/c1-11(2)13-4-3-5-15(10-13)21-16(18-19-20-21)12-6-8-14(17)9-7-12/h3-11H,17H2,1-2H3. The molecule has 0 bridgehead atoms. The molecule has 106 valence electrons. The van der Waals surface area contributed by atoms with Crippen LogP contribution in [-0.4, -0.2) is 20.2 Å². The molecule has 1 heterocycles. The highest BCUT2D eigenvalue weighted by atomic mass is 15.5. The number of nitrogens with two attached hydrogens (primary N) is 1. The van der Waals surface area contributed by atoms with Crippen molar-refractivity contribution in [2.24, 2.45) is 0 Å². The third kappa shape index (κ3) is 2.63. The van der Waals surface area contributed by atoms with Crippen LogP contribution in [0.4, 0.5) is 5.69 Å². The topological polar surface area (TPSA) is 69.6 Å². The fraction of sp³-hybridized carbons (Fsp3) is 0.188. The minimum absolute atomic E-state index is 0.460. The van der Waals surface area contributed by atoms with Crippen molar-refractivity contribution in [1.29, 1.82) is 0 Å². The van der Waals surface area contributed by atoms with Crippen molar-refractivity contribution < 1.29 is 0 Å². The van der Waals surface area contributed by atoms with E-state index in [1.54, 1.807) is 4.68 Å². The fourth-order valence-corrected chi connectivity index (χ4v) is 2.19. The summed E-state index contributed by atoms with van der Waals surface area (Å²) in [4.78, 5) is 0. The van der Waals surface area contributed by atoms with Crippen molar-refractivity contribution in [2.75, 3.05) is 5.73 Å². The number of hydrogen-bond donors (Lipinski definition) is 1. The minimum Gasteiger partial charge on any atom is -0.399 e. The van der Waals surface area contributed by atoms with Gasteiger partial charge in [0.1, 0.15) is 0 Å². The van der Waals surface area contributed by atoms with Crippen molar-refractivity contribution in [3.8, 4) is 17.1 Å². The van der Waals surface area contributed by atoms with Gasteiger partial charge in [0.25, 0.3) is 0 Å². The lowest BCUT2D eigenvalue weighted by atomic mass is 10.0. The summed E-state index contributed by atoms with van der Waals surface area (Å²) in [6, 6.07) is 15.8. The summed E-state index contributed by atoms with van der Waals surface area (Å²) in [7, 11) is 0. The van der Waals surface area contributed by atoms with Crippen LogP contribution in [0.3, 0.4) is 0 Å². The van der Waals surface area contributed by atoms with Crippen molar-refractivity contribution in [1.82, 2.24) is 20.2 Å². The van der Waals surface area contributed by atoms with E-state index in [1.165, 1.54) is 5.56 Å². The molecule has 0 amide bonds. The molecule has 21 heavy (non-hydrogen) atoms. The molecule has 0 atom stereocenters. The van der Waals surface area contributed by atoms with E-state index in [2.05, 4.69) is 41.5 Å². The van der Waals surface area contributed by atoms with E-state index in [9.17, 15) is 0 Å². The highest BCUT2D eigenvalue weighted by Gasteiger charge is 2.11. The third-order valence-electron chi connectivity index (χ3n) is 3.42. The number of rotatable bonds is 3. The highest BCUT2D eigenvalue weighted by molar-refractivity contribution is 5.60. The predicted octanol–water partition coefficient (Wildman–Crippen LogP) is 3.03. The molecule has 2 N–H and O–H groups in total. The Morgan fingerprint density at radius 3 is 2.52 bits per heavy atom. The normalized spacial score (nSPS) is 11.0. The van der Waals surface area contributed by atoms with E-state index in [0.29, 0.717) is 11.7 Å². The molecule has 1 aromatic heterocycles. The van der Waals surface area contributed by atoms with E-state index >= 15 is 0 Å². The zero-order valence-electron chi connectivity index (χ0n) is 12.1. The van der Waals surface area contributed by atoms with Crippen LogP contribution in [-0.2, 0) is 0 Å². The number of nitrogen functional groups attached to an aromatic ring is 1. The van der Waals surface area contributed by atoms with Gasteiger partial charge < -0.3 is 5.73 Å². The molecule has 0 saturated carbocycles. The van der Waals surface area contributed by atoms with Crippen LogP contribution in [0.5, 0.6) is 0 Å². The molecule has 0 unspecified atom stereocenters. The van der Waals surface area contributed by atoms with Gasteiger partial charge in [-0.1, -0.05) is 26.0 Å². The molecule has 0 aliphatic rings. The van der Waals surface area contributed by atoms with Gasteiger partial charge in [0, 0.05) is 11.3 Å². The Kier molecular flexibility index (Phi) is 3.39. The first kappa shape index (κ1) is 13.3. The quantitative estimate of drug-likeness (QED) is 0.748. The minimum atomic E-state index is 0.460. The van der Waals surface area contributed by atoms with Gasteiger partial charge >= 0.3 is 0 Å². The Hall–Kier alpha value is -2.69. The van der Waals surface area contributed by atoms with Crippen LogP contribution < -0.4 is 5.73 Å². The van der Waals surface area contributed by atoms with Crippen molar-refractivity contribution in [2.45, 2.75) is 19.8 Å². The van der Waals surface area contributed by atoms with Crippen molar-refractivity contribution in [3.05, 3.63) is 54.1 Å². The summed E-state index contributed by atoms with van der Waals surface area (Å²) in [5, 5.41) is 12.0. The number of nitrogens with zero attached hydrogens (tertiary/aromatic N) is 4. The lowest BCUT2D eigenvalue weighted by molar-refractivity contribution is 0.786. The number of benzene rings is 2. The lowest BCUT2D eigenvalue weighted by Crippen LogP contribution is -2.01. The average Bonchev–Trinajstić information content (AvgIpc) is 2.97. The Morgan fingerprint density at radius 1 is 1.05 bits per heavy atom. The molecule has 3 aromatic rings. The largest absolute Gasteiger partial charge is 0.399 e. The second-order valence-corrected chi connectivity index (χ2v) is 5.29. The number of aromatic nitrogens is 4. The summed E-state index contributed by atoms with van der Waals surface area (Å²) in [6.45, 7) is 4.33. The number of tetrazole rings is 1. The summed E-state index contributed by atoms with van der Waals surface area (Å²) < 4.78 is 1.75. The summed E-state index contributed by atoms with van der Waals surface area (Å²) in [5.41, 5.74) is 9.59. The Bertz CT molecular complexity index is 743. The molecule has 3 rings (SSSR count). The Labute approximate surface area is 123 Å². The fourth-order valence-electron chi connectivity index (χ4n) is 2.19. The molecule has 0 aliphatic heterocycles. The zero-order chi connectivity index (χ0) is 14.8. The van der Waals surface area contributed by atoms with Crippen molar-refractivity contribution in [3.63, 3.8) is 0 Å². The monoisotopic (exact) mass is 279 g/mol. The maximum atomic E-state index is 5.72. The second-order valence-electron chi connectivity index (χ2n) is 5.29. The van der Waals surface area contributed by atoms with Crippen LogP contribution in [0.15, 0.2) is 48.5 Å². The van der Waals surface area contributed by atoms with Crippen LogP contribution in [0.1, 0.15) is 25.3 Å². The average molecular weight is 279 g/mol. The Balaban J connectivity index is 2.06. The van der Waals surface area contributed by atoms with Gasteiger partial charge in [-0.25, -0.2) is 0 Å². The van der Waals surface area contributed by atoms with Crippen LogP contribution in [0.25, 0.3) is 17.1 Å². The molecule has 0 aliphatic carbocycles. The van der Waals surface area contributed by atoms with E-state index in [0.717, 1.165) is 16.9 Å². The maximum absolute atomic E-state index is 5.72. The molecule has 0 fully saturated rings. The third-order valence-corrected chi connectivity index (χ3v) is 3.42. The van der Waals surface area contributed by atoms with E-state index in [-0.39, 0.29) is 0 Å². The van der Waals surface area contributed by atoms with E-state index in [4.69, 9.17) is 5.73 Å². The summed E-state index contributed by atoms with van der Waals surface area (Å²) >= 11 is 0. The number of hydrogen-bond acceptors (Lipinski definition) is 4. The van der Waals surface area contributed by atoms with E-state index < -0.39 is 0 Å². The van der Waals surface area contributed by atoms with Gasteiger partial charge in [0.2, 0.25) is 0 Å². The highest BCUT2D eigenvalue weighted by Crippen LogP contribution is 2.23. The molecular weight excluding hydrogens is 262 g/mol. The molecule has 5 nitrogen and oxygen atoms in total. The van der Waals surface area contributed by atoms with Crippen LogP contribution >= 0.6 is 0 Å². The molecule has 0 saturated heterocycles. The summed E-state index contributed by atoms with van der Waals surface area (Å²) in [5.74, 6) is 1.16. The van der Waals surface area contributed by atoms with Gasteiger partial charge in [-0.2, -0.15) is 4.68 Å². The van der Waals surface area contributed by atoms with Gasteiger partial charge in [-0.05, 0) is 58.3 Å². The Morgan fingerprint density at radius 2 is 1.81 bits per heavy atom. The molecule has 0 spiro atoms. The van der Waals surface area contributed by atoms with Gasteiger partial charge in [-0.3, -0.25) is 0 Å². The molecule has 0 radical (unpaired) electrons. The summed E-state index contributed by atoms with van der Waals surface area (Å²) in [6.07, 6.45) is 0. The molecular formula is C16H17N5. The van der Waals surface area contributed by atoms with Gasteiger partial charge in [0.15, 0.2) is 5.82 Å². The lowest BCUT2D eigenvalue weighted by Gasteiger charge is -2.09. The SMILES string of the molecule is CC(C)c1cccc(-n2nnnc2-c2ccc(N)cc2)c1. The number of anilines is 1. The maximum Gasteiger partial charge on any atom is 0.187 e. The second kappa shape index (κ2) is 5.36. The first-order chi connectivity index (χ1) is 10.1.